The van der Waals surface area contributed by atoms with Gasteiger partial charge in [0.15, 0.2) is 0 Å². The van der Waals surface area contributed by atoms with Crippen LogP contribution in [0, 0.1) is 0 Å². The van der Waals surface area contributed by atoms with Gasteiger partial charge in [0.2, 0.25) is 5.91 Å². The fourth-order valence-corrected chi connectivity index (χ4v) is 2.67. The highest BCUT2D eigenvalue weighted by Gasteiger charge is 2.29. The molecular formula is C16H22N2O4. The maximum atomic E-state index is 11.8. The Morgan fingerprint density at radius 3 is 2.95 bits per heavy atom. The SMILES string of the molecule is CNC(=O)[C@@H]1CCCN1CCOc1cccc(C(=O)OC)c1. The van der Waals surface area contributed by atoms with Crippen LogP contribution in [0.3, 0.4) is 0 Å². The summed E-state index contributed by atoms with van der Waals surface area (Å²) in [6, 6.07) is 6.83. The third-order valence-corrected chi connectivity index (χ3v) is 3.82. The molecule has 0 bridgehead atoms. The average Bonchev–Trinajstić information content (AvgIpc) is 3.02. The minimum absolute atomic E-state index is 0.0602. The summed E-state index contributed by atoms with van der Waals surface area (Å²) in [4.78, 5) is 25.4. The van der Waals surface area contributed by atoms with Crippen molar-refractivity contribution in [2.24, 2.45) is 0 Å². The molecule has 6 nitrogen and oxygen atoms in total. The van der Waals surface area contributed by atoms with Crippen LogP contribution in [0.5, 0.6) is 5.75 Å². The lowest BCUT2D eigenvalue weighted by Gasteiger charge is -2.22. The molecule has 1 aromatic carbocycles. The molecule has 6 heteroatoms. The molecule has 1 fully saturated rings. The molecule has 1 saturated heterocycles. The summed E-state index contributed by atoms with van der Waals surface area (Å²) >= 11 is 0. The molecule has 1 N–H and O–H groups in total. The van der Waals surface area contributed by atoms with Gasteiger partial charge in [-0.1, -0.05) is 6.07 Å². The van der Waals surface area contributed by atoms with Crippen LogP contribution in [0.1, 0.15) is 23.2 Å². The van der Waals surface area contributed by atoms with E-state index in [9.17, 15) is 9.59 Å². The van der Waals surface area contributed by atoms with E-state index in [0.29, 0.717) is 24.5 Å². The average molecular weight is 306 g/mol. The molecule has 1 aromatic rings. The second-order valence-corrected chi connectivity index (χ2v) is 5.18. The largest absolute Gasteiger partial charge is 0.492 e. The second kappa shape index (κ2) is 7.79. The molecule has 0 radical (unpaired) electrons. The number of nitrogens with zero attached hydrogens (tertiary/aromatic N) is 1. The number of methoxy groups -OCH3 is 1. The topological polar surface area (TPSA) is 67.9 Å². The lowest BCUT2D eigenvalue weighted by molar-refractivity contribution is -0.125. The van der Waals surface area contributed by atoms with Crippen LogP contribution in [0.25, 0.3) is 0 Å². The predicted molar refractivity (Wildman–Crippen MR) is 81.9 cm³/mol. The van der Waals surface area contributed by atoms with E-state index in [2.05, 4.69) is 15.0 Å². The fraction of sp³-hybridized carbons (Fsp3) is 0.500. The van der Waals surface area contributed by atoms with Crippen LogP contribution < -0.4 is 10.1 Å². The van der Waals surface area contributed by atoms with E-state index in [-0.39, 0.29) is 17.9 Å². The van der Waals surface area contributed by atoms with Crippen molar-refractivity contribution in [3.8, 4) is 5.75 Å². The maximum absolute atomic E-state index is 11.8. The van der Waals surface area contributed by atoms with E-state index >= 15 is 0 Å². The van der Waals surface area contributed by atoms with Crippen molar-refractivity contribution in [3.63, 3.8) is 0 Å². The molecule has 1 atom stereocenters. The zero-order chi connectivity index (χ0) is 15.9. The summed E-state index contributed by atoms with van der Waals surface area (Å²) in [6.07, 6.45) is 1.91. The van der Waals surface area contributed by atoms with Gasteiger partial charge in [-0.05, 0) is 37.6 Å². The van der Waals surface area contributed by atoms with Gasteiger partial charge in [0.05, 0.1) is 18.7 Å². The Kier molecular flexibility index (Phi) is 5.77. The van der Waals surface area contributed by atoms with Crippen molar-refractivity contribution in [3.05, 3.63) is 29.8 Å². The third kappa shape index (κ3) is 3.98. The first-order valence-corrected chi connectivity index (χ1v) is 7.42. The van der Waals surface area contributed by atoms with Gasteiger partial charge in [0.1, 0.15) is 12.4 Å². The number of hydrogen-bond donors (Lipinski definition) is 1. The Labute approximate surface area is 130 Å². The van der Waals surface area contributed by atoms with Gasteiger partial charge in [0.25, 0.3) is 0 Å². The van der Waals surface area contributed by atoms with Crippen molar-refractivity contribution in [1.82, 2.24) is 10.2 Å². The summed E-state index contributed by atoms with van der Waals surface area (Å²) in [5.41, 5.74) is 0.462. The molecule has 1 heterocycles. The molecule has 0 saturated carbocycles. The summed E-state index contributed by atoms with van der Waals surface area (Å²) in [6.45, 7) is 2.06. The Morgan fingerprint density at radius 1 is 1.41 bits per heavy atom. The smallest absolute Gasteiger partial charge is 0.337 e. The molecule has 1 aliphatic rings. The molecule has 22 heavy (non-hydrogen) atoms. The van der Waals surface area contributed by atoms with E-state index in [1.807, 2.05) is 0 Å². The van der Waals surface area contributed by atoms with Gasteiger partial charge in [-0.15, -0.1) is 0 Å². The monoisotopic (exact) mass is 306 g/mol. The molecule has 1 aliphatic heterocycles. The van der Waals surface area contributed by atoms with Crippen molar-refractivity contribution < 1.29 is 19.1 Å². The maximum Gasteiger partial charge on any atom is 0.337 e. The minimum atomic E-state index is -0.385. The van der Waals surface area contributed by atoms with Crippen LogP contribution in [-0.2, 0) is 9.53 Å². The molecule has 0 aromatic heterocycles. The van der Waals surface area contributed by atoms with Gasteiger partial charge >= 0.3 is 5.97 Å². The second-order valence-electron chi connectivity index (χ2n) is 5.18. The lowest BCUT2D eigenvalue weighted by Crippen LogP contribution is -2.43. The van der Waals surface area contributed by atoms with E-state index in [1.165, 1.54) is 7.11 Å². The number of benzene rings is 1. The van der Waals surface area contributed by atoms with Crippen LogP contribution >= 0.6 is 0 Å². The Balaban J connectivity index is 1.86. The van der Waals surface area contributed by atoms with Crippen molar-refractivity contribution >= 4 is 11.9 Å². The summed E-state index contributed by atoms with van der Waals surface area (Å²) in [7, 11) is 3.01. The van der Waals surface area contributed by atoms with Crippen LogP contribution in [0.15, 0.2) is 24.3 Å². The molecule has 0 spiro atoms. The van der Waals surface area contributed by atoms with Crippen molar-refractivity contribution in [1.29, 1.82) is 0 Å². The number of carbonyl (C=O) groups excluding carboxylic acids is 2. The van der Waals surface area contributed by atoms with E-state index in [4.69, 9.17) is 4.74 Å². The third-order valence-electron chi connectivity index (χ3n) is 3.82. The minimum Gasteiger partial charge on any atom is -0.492 e. The number of likely N-dealkylation sites (tertiary alicyclic amines) is 1. The zero-order valence-electron chi connectivity index (χ0n) is 13.0. The standard InChI is InChI=1S/C16H22N2O4/c1-17-15(19)14-7-4-8-18(14)9-10-22-13-6-3-5-12(11-13)16(20)21-2/h3,5-6,11,14H,4,7-10H2,1-2H3,(H,17,19)/t14-/m0/s1. The van der Waals surface area contributed by atoms with Crippen molar-refractivity contribution in [2.75, 3.05) is 33.9 Å². The highest BCUT2D eigenvalue weighted by atomic mass is 16.5. The number of amides is 1. The highest BCUT2D eigenvalue weighted by Crippen LogP contribution is 2.18. The van der Waals surface area contributed by atoms with Gasteiger partial charge in [-0.3, -0.25) is 9.69 Å². The molecule has 0 unspecified atom stereocenters. The van der Waals surface area contributed by atoms with E-state index in [1.54, 1.807) is 31.3 Å². The van der Waals surface area contributed by atoms with Gasteiger partial charge in [0, 0.05) is 13.6 Å². The van der Waals surface area contributed by atoms with E-state index in [0.717, 1.165) is 19.4 Å². The molecular weight excluding hydrogens is 284 g/mol. The van der Waals surface area contributed by atoms with Gasteiger partial charge in [-0.2, -0.15) is 0 Å². The van der Waals surface area contributed by atoms with Crippen molar-refractivity contribution in [2.45, 2.75) is 18.9 Å². The van der Waals surface area contributed by atoms with E-state index < -0.39 is 0 Å². The lowest BCUT2D eigenvalue weighted by atomic mass is 10.2. The number of nitrogens with one attached hydrogen (secondary N) is 1. The Morgan fingerprint density at radius 2 is 2.23 bits per heavy atom. The molecule has 2 rings (SSSR count). The Bertz CT molecular complexity index is 533. The van der Waals surface area contributed by atoms with Gasteiger partial charge in [-0.25, -0.2) is 4.79 Å². The summed E-state index contributed by atoms with van der Waals surface area (Å²) in [5, 5.41) is 2.70. The van der Waals surface area contributed by atoms with Crippen LogP contribution in [0.2, 0.25) is 0 Å². The first-order valence-electron chi connectivity index (χ1n) is 7.42. The quantitative estimate of drug-likeness (QED) is 0.796. The first-order chi connectivity index (χ1) is 10.7. The summed E-state index contributed by atoms with van der Waals surface area (Å²) in [5.74, 6) is 0.299. The Hall–Kier alpha value is -2.08. The molecule has 0 aliphatic carbocycles. The number of esters is 1. The van der Waals surface area contributed by atoms with Crippen LogP contribution in [0.4, 0.5) is 0 Å². The normalized spacial score (nSPS) is 18.0. The van der Waals surface area contributed by atoms with Crippen LogP contribution in [-0.4, -0.2) is 56.7 Å². The zero-order valence-corrected chi connectivity index (χ0v) is 13.0. The predicted octanol–water partition coefficient (Wildman–Crippen LogP) is 1.06. The number of ether oxygens (including phenoxy) is 2. The first kappa shape index (κ1) is 16.3. The fourth-order valence-electron chi connectivity index (χ4n) is 2.67. The number of rotatable bonds is 6. The van der Waals surface area contributed by atoms with Gasteiger partial charge < -0.3 is 14.8 Å². The molecule has 1 amide bonds. The summed E-state index contributed by atoms with van der Waals surface area (Å²) < 4.78 is 10.4. The number of likely N-dealkylation sites (N-methyl/N-ethyl adjacent to an activating group) is 1. The number of hydrogen-bond acceptors (Lipinski definition) is 5. The highest BCUT2D eigenvalue weighted by molar-refractivity contribution is 5.89. The molecule has 120 valence electrons. The number of carbonyl (C=O) groups is 2.